The maximum Gasteiger partial charge on any atom is 0.353 e. The average molecular weight is 313 g/mol. The van der Waals surface area contributed by atoms with Gasteiger partial charge < -0.3 is 14.2 Å². The fourth-order valence-electron chi connectivity index (χ4n) is 2.08. The monoisotopic (exact) mass is 312 g/mol. The zero-order chi connectivity index (χ0) is 14.8. The van der Waals surface area contributed by atoms with Crippen LogP contribution in [0, 0.1) is 0 Å². The summed E-state index contributed by atoms with van der Waals surface area (Å²) in [5.41, 5.74) is -1.88. The van der Waals surface area contributed by atoms with Crippen LogP contribution in [0.2, 0.25) is 0 Å². The van der Waals surface area contributed by atoms with Crippen molar-refractivity contribution in [2.45, 2.75) is 42.7 Å². The Labute approximate surface area is 120 Å². The third-order valence-corrected chi connectivity index (χ3v) is 3.94. The van der Waals surface area contributed by atoms with E-state index in [4.69, 9.17) is 32.7 Å². The molecular weight excluding hydrogens is 299 g/mol. The Hall–Kier alpha value is -1.01. The Morgan fingerprint density at radius 2 is 1.74 bits per heavy atom. The molecule has 108 valence electrons. The molecule has 19 heavy (non-hydrogen) atoms. The molecule has 1 rings (SSSR count). The van der Waals surface area contributed by atoms with E-state index in [0.717, 1.165) is 14.0 Å². The molecule has 0 aliphatic heterocycles. The zero-order valence-corrected chi connectivity index (χ0v) is 12.2. The number of alkyl halides is 2. The molecule has 1 fully saturated rings. The summed E-state index contributed by atoms with van der Waals surface area (Å²) in [5.74, 6) is -2.22. The molecule has 0 radical (unpaired) electrons. The van der Waals surface area contributed by atoms with Crippen molar-refractivity contribution in [2.75, 3.05) is 7.11 Å². The predicted molar refractivity (Wildman–Crippen MR) is 65.7 cm³/mol. The van der Waals surface area contributed by atoms with Crippen molar-refractivity contribution < 1.29 is 28.6 Å². The SMILES string of the molecule is COC(=O)[C@]1(OC(C)=O)CC[C@@H](OC(C)=O)C1(Cl)Cl. The van der Waals surface area contributed by atoms with Crippen molar-refractivity contribution in [1.82, 2.24) is 0 Å². The summed E-state index contributed by atoms with van der Waals surface area (Å²) in [6.07, 6.45) is -0.786. The van der Waals surface area contributed by atoms with Gasteiger partial charge in [0, 0.05) is 20.3 Å². The molecular formula is C11H14Cl2O6. The van der Waals surface area contributed by atoms with Crippen LogP contribution in [0.25, 0.3) is 0 Å². The van der Waals surface area contributed by atoms with Crippen molar-refractivity contribution in [3.05, 3.63) is 0 Å². The summed E-state index contributed by atoms with van der Waals surface area (Å²) in [4.78, 5) is 34.1. The van der Waals surface area contributed by atoms with Crippen molar-refractivity contribution in [3.63, 3.8) is 0 Å². The Kier molecular flexibility index (Phi) is 4.68. The van der Waals surface area contributed by atoms with Gasteiger partial charge in [-0.3, -0.25) is 9.59 Å². The lowest BCUT2D eigenvalue weighted by molar-refractivity contribution is -0.181. The zero-order valence-electron chi connectivity index (χ0n) is 10.7. The van der Waals surface area contributed by atoms with Crippen LogP contribution in [-0.2, 0) is 28.6 Å². The van der Waals surface area contributed by atoms with Crippen LogP contribution >= 0.6 is 23.2 Å². The van der Waals surface area contributed by atoms with Gasteiger partial charge >= 0.3 is 17.9 Å². The highest BCUT2D eigenvalue weighted by Crippen LogP contribution is 2.52. The van der Waals surface area contributed by atoms with E-state index >= 15 is 0 Å². The van der Waals surface area contributed by atoms with Crippen LogP contribution in [0.5, 0.6) is 0 Å². The maximum atomic E-state index is 11.9. The normalized spacial score (nSPS) is 28.6. The molecule has 0 N–H and O–H groups in total. The number of carbonyl (C=O) groups excluding carboxylic acids is 3. The maximum absolute atomic E-state index is 11.9. The number of esters is 3. The number of hydrogen-bond acceptors (Lipinski definition) is 6. The largest absolute Gasteiger partial charge is 0.466 e. The lowest BCUT2D eigenvalue weighted by Gasteiger charge is -2.35. The van der Waals surface area contributed by atoms with Crippen molar-refractivity contribution >= 4 is 41.1 Å². The van der Waals surface area contributed by atoms with Crippen LogP contribution < -0.4 is 0 Å². The molecule has 2 atom stereocenters. The van der Waals surface area contributed by atoms with Gasteiger partial charge in [0.2, 0.25) is 9.93 Å². The molecule has 0 aromatic rings. The Bertz CT molecular complexity index is 408. The summed E-state index contributed by atoms with van der Waals surface area (Å²) in [5, 5.41) is 0. The molecule has 0 unspecified atom stereocenters. The van der Waals surface area contributed by atoms with E-state index in [1.54, 1.807) is 0 Å². The molecule has 0 spiro atoms. The minimum atomic E-state index is -1.91. The minimum absolute atomic E-state index is 0.00417. The van der Waals surface area contributed by atoms with Crippen LogP contribution in [0.4, 0.5) is 0 Å². The molecule has 1 aliphatic carbocycles. The Morgan fingerprint density at radius 1 is 1.16 bits per heavy atom. The summed E-state index contributed by atoms with van der Waals surface area (Å²) in [6, 6.07) is 0. The average Bonchev–Trinajstić information content (AvgIpc) is 2.51. The van der Waals surface area contributed by atoms with Crippen molar-refractivity contribution in [3.8, 4) is 0 Å². The first-order chi connectivity index (χ1) is 8.67. The number of rotatable bonds is 3. The number of ether oxygens (including phenoxy) is 3. The minimum Gasteiger partial charge on any atom is -0.466 e. The first kappa shape index (κ1) is 16.0. The van der Waals surface area contributed by atoms with Gasteiger partial charge in [-0.2, -0.15) is 0 Å². The third-order valence-electron chi connectivity index (χ3n) is 2.84. The van der Waals surface area contributed by atoms with Gasteiger partial charge in [0.1, 0.15) is 6.10 Å². The van der Waals surface area contributed by atoms with Gasteiger partial charge in [-0.15, -0.1) is 0 Å². The fourth-order valence-corrected chi connectivity index (χ4v) is 2.81. The summed E-state index contributed by atoms with van der Waals surface area (Å²) in [6.45, 7) is 2.31. The van der Waals surface area contributed by atoms with Crippen LogP contribution in [0.15, 0.2) is 0 Å². The molecule has 6 nitrogen and oxygen atoms in total. The first-order valence-corrected chi connectivity index (χ1v) is 6.26. The highest BCUT2D eigenvalue weighted by molar-refractivity contribution is 6.51. The van der Waals surface area contributed by atoms with E-state index in [0.29, 0.717) is 0 Å². The standard InChI is InChI=1S/C11H14Cl2O6/c1-6(14)18-8-4-5-10(9(16)17-3,11(8,12)13)19-7(2)15/h8H,4-5H2,1-3H3/t8-,10-/m1/s1. The van der Waals surface area contributed by atoms with Gasteiger partial charge in [0.25, 0.3) is 0 Å². The van der Waals surface area contributed by atoms with Gasteiger partial charge in [-0.1, -0.05) is 23.2 Å². The van der Waals surface area contributed by atoms with Crippen LogP contribution in [-0.4, -0.2) is 41.1 Å². The van der Waals surface area contributed by atoms with E-state index in [2.05, 4.69) is 4.74 Å². The fraction of sp³-hybridized carbons (Fsp3) is 0.727. The van der Waals surface area contributed by atoms with Gasteiger partial charge in [0.05, 0.1) is 7.11 Å². The van der Waals surface area contributed by atoms with Crippen LogP contribution in [0.1, 0.15) is 26.7 Å². The quantitative estimate of drug-likeness (QED) is 0.445. The van der Waals surface area contributed by atoms with Crippen molar-refractivity contribution in [2.24, 2.45) is 0 Å². The van der Waals surface area contributed by atoms with Crippen LogP contribution in [0.3, 0.4) is 0 Å². The summed E-state index contributed by atoms with van der Waals surface area (Å²) in [7, 11) is 1.12. The second-order valence-electron chi connectivity index (χ2n) is 4.17. The first-order valence-electron chi connectivity index (χ1n) is 5.50. The lowest BCUT2D eigenvalue weighted by Crippen LogP contribution is -2.56. The Morgan fingerprint density at radius 3 is 2.16 bits per heavy atom. The number of hydrogen-bond donors (Lipinski definition) is 0. The van der Waals surface area contributed by atoms with E-state index in [1.807, 2.05) is 0 Å². The van der Waals surface area contributed by atoms with E-state index in [9.17, 15) is 14.4 Å². The van der Waals surface area contributed by atoms with Gasteiger partial charge in [-0.05, 0) is 6.42 Å². The Balaban J connectivity index is 3.15. The second-order valence-corrected chi connectivity index (χ2v) is 5.56. The summed E-state index contributed by atoms with van der Waals surface area (Å²) >= 11 is 12.3. The molecule has 0 aromatic carbocycles. The van der Waals surface area contributed by atoms with E-state index in [-0.39, 0.29) is 12.8 Å². The number of carbonyl (C=O) groups is 3. The predicted octanol–water partition coefficient (Wildman–Crippen LogP) is 1.36. The highest BCUT2D eigenvalue weighted by atomic mass is 35.5. The lowest BCUT2D eigenvalue weighted by atomic mass is 10.0. The molecule has 0 amide bonds. The van der Waals surface area contributed by atoms with Crippen molar-refractivity contribution in [1.29, 1.82) is 0 Å². The van der Waals surface area contributed by atoms with Gasteiger partial charge in [0.15, 0.2) is 0 Å². The molecule has 1 aliphatic rings. The summed E-state index contributed by atoms with van der Waals surface area (Å²) < 4.78 is 12.7. The topological polar surface area (TPSA) is 78.9 Å². The number of halogens is 2. The smallest absolute Gasteiger partial charge is 0.353 e. The molecule has 0 aromatic heterocycles. The molecule has 0 heterocycles. The third kappa shape index (κ3) is 2.79. The second kappa shape index (κ2) is 5.54. The number of methoxy groups -OCH3 is 1. The van der Waals surface area contributed by atoms with E-state index in [1.165, 1.54) is 6.92 Å². The van der Waals surface area contributed by atoms with E-state index < -0.39 is 33.9 Å². The molecule has 0 bridgehead atoms. The molecule has 1 saturated carbocycles. The van der Waals surface area contributed by atoms with Gasteiger partial charge in [-0.25, -0.2) is 4.79 Å². The molecule has 8 heteroatoms. The molecule has 0 saturated heterocycles. The highest BCUT2D eigenvalue weighted by Gasteiger charge is 2.68.